The highest BCUT2D eigenvalue weighted by Crippen LogP contribution is 2.15. The molecule has 0 saturated heterocycles. The Kier molecular flexibility index (Phi) is 4.16. The van der Waals surface area contributed by atoms with E-state index < -0.39 is 5.97 Å². The number of carboxylic acid groups (broad SMARTS) is 1. The largest absolute Gasteiger partial charge is 0.481 e. The maximum Gasteiger partial charge on any atom is 0.306 e. The van der Waals surface area contributed by atoms with Gasteiger partial charge in [0, 0.05) is 0 Å². The highest BCUT2D eigenvalue weighted by molar-refractivity contribution is 5.69. The number of carbonyl (C=O) groups is 1. The molecule has 3 nitrogen and oxygen atoms in total. The van der Waals surface area contributed by atoms with Crippen LogP contribution in [0.15, 0.2) is 28.4 Å². The minimum atomic E-state index is -0.735. The summed E-state index contributed by atoms with van der Waals surface area (Å²) in [5.41, 5.74) is 1.14. The van der Waals surface area contributed by atoms with Crippen molar-refractivity contribution < 1.29 is 14.3 Å². The summed E-state index contributed by atoms with van der Waals surface area (Å²) in [6.07, 6.45) is 5.01. The lowest BCUT2D eigenvalue weighted by Crippen LogP contribution is -2.08. The van der Waals surface area contributed by atoms with Gasteiger partial charge in [-0.15, -0.1) is 0 Å². The van der Waals surface area contributed by atoms with E-state index in [0.29, 0.717) is 6.42 Å². The third-order valence-electron chi connectivity index (χ3n) is 2.33. The van der Waals surface area contributed by atoms with Crippen LogP contribution in [0.3, 0.4) is 0 Å². The van der Waals surface area contributed by atoms with Gasteiger partial charge in [-0.1, -0.05) is 12.5 Å². The first-order chi connectivity index (χ1) is 7.09. The second-order valence-electron chi connectivity index (χ2n) is 3.78. The van der Waals surface area contributed by atoms with Gasteiger partial charge in [0.25, 0.3) is 0 Å². The fourth-order valence-corrected chi connectivity index (χ4v) is 1.26. The normalized spacial score (nSPS) is 13.9. The van der Waals surface area contributed by atoms with Crippen molar-refractivity contribution >= 4 is 12.0 Å². The molecule has 0 spiro atoms. The SMILES string of the molecule is C/C(=C\c1ccco1)CCC(C)C(=O)O. The summed E-state index contributed by atoms with van der Waals surface area (Å²) in [5.74, 6) is -0.207. The van der Waals surface area contributed by atoms with Crippen molar-refractivity contribution in [2.45, 2.75) is 26.7 Å². The molecule has 15 heavy (non-hydrogen) atoms. The van der Waals surface area contributed by atoms with Gasteiger partial charge in [-0.25, -0.2) is 0 Å². The van der Waals surface area contributed by atoms with Crippen molar-refractivity contribution in [2.24, 2.45) is 5.92 Å². The Bertz CT molecular complexity index is 336. The number of carboxylic acids is 1. The van der Waals surface area contributed by atoms with Gasteiger partial charge in [0.15, 0.2) is 0 Å². The number of rotatable bonds is 5. The summed E-state index contributed by atoms with van der Waals surface area (Å²) in [6.45, 7) is 3.71. The summed E-state index contributed by atoms with van der Waals surface area (Å²) >= 11 is 0. The molecule has 82 valence electrons. The van der Waals surface area contributed by atoms with Gasteiger partial charge in [0.1, 0.15) is 5.76 Å². The fraction of sp³-hybridized carbons (Fsp3) is 0.417. The van der Waals surface area contributed by atoms with Gasteiger partial charge >= 0.3 is 5.97 Å². The first-order valence-electron chi connectivity index (χ1n) is 5.03. The second-order valence-corrected chi connectivity index (χ2v) is 3.78. The lowest BCUT2D eigenvalue weighted by Gasteiger charge is -2.05. The quantitative estimate of drug-likeness (QED) is 0.808. The average molecular weight is 208 g/mol. The van der Waals surface area contributed by atoms with Gasteiger partial charge < -0.3 is 9.52 Å². The number of furan rings is 1. The Labute approximate surface area is 89.4 Å². The first-order valence-corrected chi connectivity index (χ1v) is 5.03. The first kappa shape index (κ1) is 11.6. The van der Waals surface area contributed by atoms with Crippen molar-refractivity contribution in [3.05, 3.63) is 29.7 Å². The molecule has 0 aliphatic carbocycles. The van der Waals surface area contributed by atoms with Gasteiger partial charge in [0.05, 0.1) is 12.2 Å². The Morgan fingerprint density at radius 2 is 2.40 bits per heavy atom. The van der Waals surface area contributed by atoms with Crippen molar-refractivity contribution in [1.29, 1.82) is 0 Å². The maximum atomic E-state index is 10.6. The summed E-state index contributed by atoms with van der Waals surface area (Å²) in [4.78, 5) is 10.6. The van der Waals surface area contributed by atoms with E-state index in [1.54, 1.807) is 13.2 Å². The molecular weight excluding hydrogens is 192 g/mol. The van der Waals surface area contributed by atoms with E-state index in [4.69, 9.17) is 9.52 Å². The Morgan fingerprint density at radius 1 is 1.67 bits per heavy atom. The molecule has 1 heterocycles. The van der Waals surface area contributed by atoms with Crippen LogP contribution < -0.4 is 0 Å². The molecule has 1 aromatic rings. The van der Waals surface area contributed by atoms with E-state index >= 15 is 0 Å². The maximum absolute atomic E-state index is 10.6. The fourth-order valence-electron chi connectivity index (χ4n) is 1.26. The van der Waals surface area contributed by atoms with Crippen molar-refractivity contribution in [3.63, 3.8) is 0 Å². The third kappa shape index (κ3) is 4.02. The number of aliphatic carboxylic acids is 1. The Balaban J connectivity index is 2.42. The summed E-state index contributed by atoms with van der Waals surface area (Å²) in [6, 6.07) is 3.71. The highest BCUT2D eigenvalue weighted by atomic mass is 16.4. The summed E-state index contributed by atoms with van der Waals surface area (Å²) in [5, 5.41) is 8.71. The molecule has 0 aromatic carbocycles. The zero-order valence-corrected chi connectivity index (χ0v) is 9.06. The van der Waals surface area contributed by atoms with Crippen LogP contribution in [0, 0.1) is 5.92 Å². The van der Waals surface area contributed by atoms with E-state index in [9.17, 15) is 4.79 Å². The predicted molar refractivity (Wildman–Crippen MR) is 58.4 cm³/mol. The molecule has 1 aromatic heterocycles. The Morgan fingerprint density at radius 3 is 2.93 bits per heavy atom. The molecule has 0 amide bonds. The minimum absolute atomic E-state index is 0.287. The molecule has 0 aliphatic heterocycles. The average Bonchev–Trinajstić information content (AvgIpc) is 2.66. The Hall–Kier alpha value is -1.51. The topological polar surface area (TPSA) is 50.4 Å². The highest BCUT2D eigenvalue weighted by Gasteiger charge is 2.10. The predicted octanol–water partition coefficient (Wildman–Crippen LogP) is 3.18. The lowest BCUT2D eigenvalue weighted by atomic mass is 10.0. The standard InChI is InChI=1S/C12H16O3/c1-9(5-6-10(2)12(13)14)8-11-4-3-7-15-11/h3-4,7-8,10H,5-6H2,1-2H3,(H,13,14)/b9-8+. The number of hydrogen-bond donors (Lipinski definition) is 1. The van der Waals surface area contributed by atoms with Crippen molar-refractivity contribution in [3.8, 4) is 0 Å². The molecule has 0 saturated carbocycles. The van der Waals surface area contributed by atoms with Gasteiger partial charge in [-0.2, -0.15) is 0 Å². The van der Waals surface area contributed by atoms with Crippen LogP contribution in [-0.2, 0) is 4.79 Å². The molecule has 1 N–H and O–H groups in total. The lowest BCUT2D eigenvalue weighted by molar-refractivity contribution is -0.141. The monoisotopic (exact) mass is 208 g/mol. The van der Waals surface area contributed by atoms with E-state index in [-0.39, 0.29) is 5.92 Å². The molecule has 0 bridgehead atoms. The molecular formula is C12H16O3. The van der Waals surface area contributed by atoms with Gasteiger partial charge in [-0.3, -0.25) is 4.79 Å². The van der Waals surface area contributed by atoms with E-state index in [1.807, 2.05) is 25.1 Å². The molecule has 0 fully saturated rings. The van der Waals surface area contributed by atoms with E-state index in [2.05, 4.69) is 0 Å². The van der Waals surface area contributed by atoms with Crippen LogP contribution in [0.2, 0.25) is 0 Å². The molecule has 1 atom stereocenters. The molecule has 1 rings (SSSR count). The van der Waals surface area contributed by atoms with E-state index in [1.165, 1.54) is 0 Å². The number of allylic oxidation sites excluding steroid dienone is 1. The van der Waals surface area contributed by atoms with Crippen molar-refractivity contribution in [2.75, 3.05) is 0 Å². The van der Waals surface area contributed by atoms with E-state index in [0.717, 1.165) is 17.8 Å². The van der Waals surface area contributed by atoms with Crippen LogP contribution in [0.5, 0.6) is 0 Å². The summed E-state index contributed by atoms with van der Waals surface area (Å²) in [7, 11) is 0. The molecule has 1 unspecified atom stereocenters. The van der Waals surface area contributed by atoms with Crippen LogP contribution in [-0.4, -0.2) is 11.1 Å². The molecule has 0 radical (unpaired) electrons. The molecule has 3 heteroatoms. The number of hydrogen-bond acceptors (Lipinski definition) is 2. The zero-order chi connectivity index (χ0) is 11.3. The van der Waals surface area contributed by atoms with Crippen LogP contribution in [0.25, 0.3) is 6.08 Å². The summed E-state index contributed by atoms with van der Waals surface area (Å²) < 4.78 is 5.17. The third-order valence-corrected chi connectivity index (χ3v) is 2.33. The van der Waals surface area contributed by atoms with Crippen LogP contribution >= 0.6 is 0 Å². The van der Waals surface area contributed by atoms with Gasteiger partial charge in [-0.05, 0) is 38.0 Å². The minimum Gasteiger partial charge on any atom is -0.481 e. The smallest absolute Gasteiger partial charge is 0.306 e. The molecule has 0 aliphatic rings. The van der Waals surface area contributed by atoms with Crippen LogP contribution in [0.4, 0.5) is 0 Å². The second kappa shape index (κ2) is 5.39. The van der Waals surface area contributed by atoms with Crippen molar-refractivity contribution in [1.82, 2.24) is 0 Å². The van der Waals surface area contributed by atoms with Gasteiger partial charge in [0.2, 0.25) is 0 Å². The van der Waals surface area contributed by atoms with Crippen LogP contribution in [0.1, 0.15) is 32.4 Å². The zero-order valence-electron chi connectivity index (χ0n) is 9.06.